The van der Waals surface area contributed by atoms with Crippen LogP contribution in [0.25, 0.3) is 10.8 Å². The van der Waals surface area contributed by atoms with Gasteiger partial charge in [-0.15, -0.1) is 0 Å². The zero-order chi connectivity index (χ0) is 13.8. The van der Waals surface area contributed by atoms with Crippen molar-refractivity contribution in [1.82, 2.24) is 0 Å². The van der Waals surface area contributed by atoms with Gasteiger partial charge in [-0.3, -0.25) is 4.79 Å². The second-order valence-electron chi connectivity index (χ2n) is 5.00. The van der Waals surface area contributed by atoms with E-state index in [1.54, 1.807) is 0 Å². The summed E-state index contributed by atoms with van der Waals surface area (Å²) in [6.07, 6.45) is 1.95. The molecule has 0 aliphatic carbocycles. The van der Waals surface area contributed by atoms with Crippen LogP contribution < -0.4 is 11.5 Å². The minimum Gasteiger partial charge on any atom is -0.370 e. The number of carbonyl (C=O) groups excluding carboxylic acids is 1. The molecule has 0 aromatic heterocycles. The summed E-state index contributed by atoms with van der Waals surface area (Å²) in [4.78, 5) is 10.8. The van der Waals surface area contributed by atoms with Crippen molar-refractivity contribution in [1.29, 1.82) is 0 Å². The molecular formula is C16H20N2O. The summed E-state index contributed by atoms with van der Waals surface area (Å²) in [6.45, 7) is 2.15. The Morgan fingerprint density at radius 2 is 1.68 bits per heavy atom. The van der Waals surface area contributed by atoms with Gasteiger partial charge < -0.3 is 11.5 Å². The van der Waals surface area contributed by atoms with Crippen LogP contribution in [0.3, 0.4) is 0 Å². The second kappa shape index (κ2) is 5.85. The third-order valence-electron chi connectivity index (χ3n) is 3.34. The van der Waals surface area contributed by atoms with Crippen LogP contribution in [0.5, 0.6) is 0 Å². The summed E-state index contributed by atoms with van der Waals surface area (Å²) >= 11 is 0. The average molecular weight is 256 g/mol. The SMILES string of the molecule is CCc1ccc2cc(C[C@H](N)CC(N)=O)ccc2c1. The quantitative estimate of drug-likeness (QED) is 0.860. The van der Waals surface area contributed by atoms with Gasteiger partial charge in [-0.05, 0) is 34.7 Å². The fraction of sp³-hybridized carbons (Fsp3) is 0.312. The highest BCUT2D eigenvalue weighted by molar-refractivity contribution is 5.84. The molecule has 2 aromatic carbocycles. The van der Waals surface area contributed by atoms with E-state index in [0.717, 1.165) is 12.0 Å². The molecule has 0 spiro atoms. The predicted octanol–water partition coefficient (Wildman–Crippen LogP) is 2.15. The molecule has 0 saturated heterocycles. The molecule has 2 aromatic rings. The summed E-state index contributed by atoms with van der Waals surface area (Å²) < 4.78 is 0. The Morgan fingerprint density at radius 1 is 1.11 bits per heavy atom. The van der Waals surface area contributed by atoms with Crippen LogP contribution in [-0.2, 0) is 17.6 Å². The average Bonchev–Trinajstić information content (AvgIpc) is 2.37. The molecule has 0 heterocycles. The second-order valence-corrected chi connectivity index (χ2v) is 5.00. The van der Waals surface area contributed by atoms with Crippen molar-refractivity contribution in [3.63, 3.8) is 0 Å². The first-order valence-corrected chi connectivity index (χ1v) is 6.64. The Labute approximate surface area is 113 Å². The van der Waals surface area contributed by atoms with Crippen molar-refractivity contribution in [2.75, 3.05) is 0 Å². The van der Waals surface area contributed by atoms with Gasteiger partial charge in [0.05, 0.1) is 0 Å². The Balaban J connectivity index is 2.19. The molecule has 0 saturated carbocycles. The van der Waals surface area contributed by atoms with E-state index in [9.17, 15) is 4.79 Å². The lowest BCUT2D eigenvalue weighted by Gasteiger charge is -2.10. The van der Waals surface area contributed by atoms with E-state index in [-0.39, 0.29) is 18.4 Å². The summed E-state index contributed by atoms with van der Waals surface area (Å²) in [5, 5.41) is 2.45. The maximum atomic E-state index is 10.8. The molecule has 4 N–H and O–H groups in total. The van der Waals surface area contributed by atoms with Gasteiger partial charge in [-0.2, -0.15) is 0 Å². The fourth-order valence-electron chi connectivity index (χ4n) is 2.32. The smallest absolute Gasteiger partial charge is 0.218 e. The number of fused-ring (bicyclic) bond motifs is 1. The number of benzene rings is 2. The molecule has 0 aliphatic rings. The zero-order valence-electron chi connectivity index (χ0n) is 11.2. The molecule has 100 valence electrons. The monoisotopic (exact) mass is 256 g/mol. The number of rotatable bonds is 5. The Bertz CT molecular complexity index is 592. The van der Waals surface area contributed by atoms with E-state index in [1.165, 1.54) is 16.3 Å². The van der Waals surface area contributed by atoms with Gasteiger partial charge in [0.1, 0.15) is 0 Å². The fourth-order valence-corrected chi connectivity index (χ4v) is 2.32. The van der Waals surface area contributed by atoms with Gasteiger partial charge in [0.2, 0.25) is 5.91 Å². The Hall–Kier alpha value is -1.87. The number of amides is 1. The van der Waals surface area contributed by atoms with Crippen molar-refractivity contribution in [3.05, 3.63) is 47.5 Å². The third kappa shape index (κ3) is 3.55. The first-order valence-electron chi connectivity index (χ1n) is 6.64. The maximum absolute atomic E-state index is 10.8. The van der Waals surface area contributed by atoms with Crippen LogP contribution in [-0.4, -0.2) is 11.9 Å². The highest BCUT2D eigenvalue weighted by atomic mass is 16.1. The van der Waals surface area contributed by atoms with Gasteiger partial charge in [-0.25, -0.2) is 0 Å². The van der Waals surface area contributed by atoms with E-state index in [4.69, 9.17) is 11.5 Å². The van der Waals surface area contributed by atoms with Gasteiger partial charge in [-0.1, -0.05) is 43.3 Å². The summed E-state index contributed by atoms with van der Waals surface area (Å²) in [5.41, 5.74) is 13.5. The molecule has 1 atom stereocenters. The Morgan fingerprint density at radius 3 is 2.26 bits per heavy atom. The van der Waals surface area contributed by atoms with Gasteiger partial charge in [0, 0.05) is 12.5 Å². The Kier molecular flexibility index (Phi) is 4.17. The standard InChI is InChI=1S/C16H20N2O/c1-2-11-3-5-14-8-12(4-6-13(14)7-11)9-15(17)10-16(18)19/h3-8,15H,2,9-10,17H2,1H3,(H2,18,19)/t15-/m0/s1. The number of carbonyl (C=O) groups is 1. The minimum absolute atomic E-state index is 0.204. The van der Waals surface area contributed by atoms with Crippen LogP contribution >= 0.6 is 0 Å². The topological polar surface area (TPSA) is 69.1 Å². The van der Waals surface area contributed by atoms with Crippen LogP contribution in [0.2, 0.25) is 0 Å². The van der Waals surface area contributed by atoms with Crippen LogP contribution in [0.15, 0.2) is 36.4 Å². The van der Waals surface area contributed by atoms with E-state index in [0.29, 0.717) is 6.42 Å². The minimum atomic E-state index is -0.346. The molecule has 1 amide bonds. The number of nitrogens with two attached hydrogens (primary N) is 2. The highest BCUT2D eigenvalue weighted by Crippen LogP contribution is 2.19. The molecule has 19 heavy (non-hydrogen) atoms. The molecule has 0 aliphatic heterocycles. The zero-order valence-corrected chi connectivity index (χ0v) is 11.2. The van der Waals surface area contributed by atoms with Gasteiger partial charge >= 0.3 is 0 Å². The summed E-state index contributed by atoms with van der Waals surface area (Å²) in [7, 11) is 0. The van der Waals surface area contributed by atoms with Crippen molar-refractivity contribution in [2.24, 2.45) is 11.5 Å². The molecule has 3 heteroatoms. The lowest BCUT2D eigenvalue weighted by atomic mass is 9.99. The van der Waals surface area contributed by atoms with Crippen molar-refractivity contribution in [2.45, 2.75) is 32.2 Å². The van der Waals surface area contributed by atoms with Crippen LogP contribution in [0, 0.1) is 0 Å². The third-order valence-corrected chi connectivity index (χ3v) is 3.34. The predicted molar refractivity (Wildman–Crippen MR) is 78.8 cm³/mol. The first kappa shape index (κ1) is 13.6. The molecular weight excluding hydrogens is 236 g/mol. The lowest BCUT2D eigenvalue weighted by molar-refractivity contribution is -0.118. The van der Waals surface area contributed by atoms with Gasteiger partial charge in [0.25, 0.3) is 0 Å². The van der Waals surface area contributed by atoms with Crippen molar-refractivity contribution < 1.29 is 4.79 Å². The highest BCUT2D eigenvalue weighted by Gasteiger charge is 2.08. The number of primary amides is 1. The maximum Gasteiger partial charge on any atom is 0.218 e. The van der Waals surface area contributed by atoms with E-state index < -0.39 is 0 Å². The largest absolute Gasteiger partial charge is 0.370 e. The molecule has 3 nitrogen and oxygen atoms in total. The first-order chi connectivity index (χ1) is 9.08. The van der Waals surface area contributed by atoms with Crippen molar-refractivity contribution >= 4 is 16.7 Å². The van der Waals surface area contributed by atoms with Gasteiger partial charge in [0.15, 0.2) is 0 Å². The molecule has 0 bridgehead atoms. The summed E-state index contributed by atoms with van der Waals surface area (Å²) in [5.74, 6) is -0.346. The van der Waals surface area contributed by atoms with Crippen LogP contribution in [0.4, 0.5) is 0 Å². The van der Waals surface area contributed by atoms with E-state index in [2.05, 4.69) is 43.3 Å². The van der Waals surface area contributed by atoms with E-state index in [1.807, 2.05) is 0 Å². The number of aryl methyl sites for hydroxylation is 1. The molecule has 0 unspecified atom stereocenters. The normalized spacial score (nSPS) is 12.5. The lowest BCUT2D eigenvalue weighted by Crippen LogP contribution is -2.29. The molecule has 0 radical (unpaired) electrons. The summed E-state index contributed by atoms with van der Waals surface area (Å²) in [6, 6.07) is 12.6. The van der Waals surface area contributed by atoms with E-state index >= 15 is 0 Å². The number of hydrogen-bond donors (Lipinski definition) is 2. The molecule has 2 rings (SSSR count). The number of hydrogen-bond acceptors (Lipinski definition) is 2. The van der Waals surface area contributed by atoms with Crippen LogP contribution in [0.1, 0.15) is 24.5 Å². The van der Waals surface area contributed by atoms with Crippen molar-refractivity contribution in [3.8, 4) is 0 Å². The molecule has 0 fully saturated rings.